The number of amides is 1. The molecule has 1 saturated carbocycles. The van der Waals surface area contributed by atoms with E-state index in [0.29, 0.717) is 25.7 Å². The number of carbonyl (C=O) groups is 2. The van der Waals surface area contributed by atoms with Crippen LogP contribution in [0.5, 0.6) is 0 Å². The SMILES string of the molecule is COCC1C[C@@H](COC2CCC(C=O)CC2)N(C(=O)OC(C)(C)C)C1. The zero-order valence-electron chi connectivity index (χ0n) is 16.0. The Hall–Kier alpha value is -1.14. The molecule has 0 spiro atoms. The number of methoxy groups -OCH3 is 1. The maximum atomic E-state index is 12.5. The summed E-state index contributed by atoms with van der Waals surface area (Å²) in [5.41, 5.74) is -0.505. The normalized spacial score (nSPS) is 30.3. The number of likely N-dealkylation sites (tertiary alicyclic amines) is 1. The second kappa shape index (κ2) is 8.99. The van der Waals surface area contributed by atoms with Gasteiger partial charge in [-0.1, -0.05) is 0 Å². The Labute approximate surface area is 151 Å². The van der Waals surface area contributed by atoms with E-state index in [4.69, 9.17) is 14.2 Å². The van der Waals surface area contributed by atoms with Crippen molar-refractivity contribution in [3.05, 3.63) is 0 Å². The molecule has 0 bridgehead atoms. The summed E-state index contributed by atoms with van der Waals surface area (Å²) in [6.45, 7) is 7.45. The summed E-state index contributed by atoms with van der Waals surface area (Å²) in [5.74, 6) is 0.507. The highest BCUT2D eigenvalue weighted by atomic mass is 16.6. The summed E-state index contributed by atoms with van der Waals surface area (Å²) >= 11 is 0. The predicted molar refractivity (Wildman–Crippen MR) is 94.5 cm³/mol. The third-order valence-corrected chi connectivity index (χ3v) is 4.97. The van der Waals surface area contributed by atoms with Crippen molar-refractivity contribution in [3.8, 4) is 0 Å². The first kappa shape index (κ1) is 20.2. The van der Waals surface area contributed by atoms with Crippen LogP contribution in [0.2, 0.25) is 0 Å². The van der Waals surface area contributed by atoms with Crippen LogP contribution in [0.1, 0.15) is 52.9 Å². The van der Waals surface area contributed by atoms with Crippen molar-refractivity contribution in [2.75, 3.05) is 26.9 Å². The molecule has 2 fully saturated rings. The molecule has 1 unspecified atom stereocenters. The third kappa shape index (κ3) is 6.26. The molecule has 2 rings (SSSR count). The molecule has 2 aliphatic rings. The van der Waals surface area contributed by atoms with Gasteiger partial charge in [-0.3, -0.25) is 0 Å². The molecule has 0 N–H and O–H groups in total. The Balaban J connectivity index is 1.88. The second-order valence-electron chi connectivity index (χ2n) is 8.35. The van der Waals surface area contributed by atoms with Gasteiger partial charge in [0.2, 0.25) is 0 Å². The molecule has 6 nitrogen and oxygen atoms in total. The average molecular weight is 355 g/mol. The van der Waals surface area contributed by atoms with Crippen LogP contribution in [0, 0.1) is 11.8 Å². The van der Waals surface area contributed by atoms with E-state index in [1.165, 1.54) is 0 Å². The van der Waals surface area contributed by atoms with E-state index in [-0.39, 0.29) is 24.2 Å². The van der Waals surface area contributed by atoms with Crippen LogP contribution in [-0.2, 0) is 19.0 Å². The van der Waals surface area contributed by atoms with Crippen LogP contribution >= 0.6 is 0 Å². The van der Waals surface area contributed by atoms with Gasteiger partial charge >= 0.3 is 6.09 Å². The first-order valence-electron chi connectivity index (χ1n) is 9.37. The van der Waals surface area contributed by atoms with Gasteiger partial charge in [-0.15, -0.1) is 0 Å². The van der Waals surface area contributed by atoms with E-state index in [0.717, 1.165) is 38.4 Å². The molecule has 144 valence electrons. The fourth-order valence-electron chi connectivity index (χ4n) is 3.71. The lowest BCUT2D eigenvalue weighted by molar-refractivity contribution is -0.113. The van der Waals surface area contributed by atoms with Crippen molar-refractivity contribution in [2.45, 2.75) is 70.6 Å². The average Bonchev–Trinajstić information content (AvgIpc) is 2.95. The number of hydrogen-bond acceptors (Lipinski definition) is 5. The zero-order chi connectivity index (χ0) is 18.4. The molecule has 25 heavy (non-hydrogen) atoms. The van der Waals surface area contributed by atoms with Crippen LogP contribution < -0.4 is 0 Å². The van der Waals surface area contributed by atoms with Gasteiger partial charge in [0.25, 0.3) is 0 Å². The molecule has 0 aromatic heterocycles. The van der Waals surface area contributed by atoms with Gasteiger partial charge < -0.3 is 23.9 Å². The highest BCUT2D eigenvalue weighted by molar-refractivity contribution is 5.69. The molecule has 1 heterocycles. The smallest absolute Gasteiger partial charge is 0.410 e. The molecular formula is C19H33NO5. The summed E-state index contributed by atoms with van der Waals surface area (Å²) in [5, 5.41) is 0. The first-order valence-corrected chi connectivity index (χ1v) is 9.37. The zero-order valence-corrected chi connectivity index (χ0v) is 16.0. The summed E-state index contributed by atoms with van der Waals surface area (Å²) in [6, 6.07) is 0.0267. The van der Waals surface area contributed by atoms with Crippen molar-refractivity contribution in [2.24, 2.45) is 11.8 Å². The lowest BCUT2D eigenvalue weighted by atomic mass is 9.88. The number of nitrogens with zero attached hydrogens (tertiary/aromatic N) is 1. The minimum atomic E-state index is -0.505. The number of hydrogen-bond donors (Lipinski definition) is 0. The van der Waals surface area contributed by atoms with Crippen LogP contribution in [0.4, 0.5) is 4.79 Å². The molecule has 2 atom stereocenters. The number of ether oxygens (including phenoxy) is 3. The first-order chi connectivity index (χ1) is 11.8. The molecule has 6 heteroatoms. The second-order valence-corrected chi connectivity index (χ2v) is 8.35. The van der Waals surface area contributed by atoms with Crippen LogP contribution in [-0.4, -0.2) is 61.9 Å². The van der Waals surface area contributed by atoms with Crippen LogP contribution in [0.15, 0.2) is 0 Å². The van der Waals surface area contributed by atoms with E-state index >= 15 is 0 Å². The van der Waals surface area contributed by atoms with Gasteiger partial charge in [-0.2, -0.15) is 0 Å². The van der Waals surface area contributed by atoms with E-state index < -0.39 is 5.60 Å². The molecule has 1 aliphatic carbocycles. The Morgan fingerprint density at radius 3 is 2.40 bits per heavy atom. The van der Waals surface area contributed by atoms with E-state index in [1.54, 1.807) is 12.0 Å². The molecule has 1 aliphatic heterocycles. The summed E-state index contributed by atoms with van der Waals surface area (Å²) < 4.78 is 16.9. The van der Waals surface area contributed by atoms with E-state index in [2.05, 4.69) is 0 Å². The van der Waals surface area contributed by atoms with Crippen molar-refractivity contribution < 1.29 is 23.8 Å². The Kier molecular flexibility index (Phi) is 7.25. The van der Waals surface area contributed by atoms with Crippen LogP contribution in [0.3, 0.4) is 0 Å². The molecule has 1 amide bonds. The van der Waals surface area contributed by atoms with Crippen molar-refractivity contribution in [1.29, 1.82) is 0 Å². The Morgan fingerprint density at radius 1 is 1.16 bits per heavy atom. The van der Waals surface area contributed by atoms with Crippen molar-refractivity contribution >= 4 is 12.4 Å². The molecule has 0 radical (unpaired) electrons. The number of aldehydes is 1. The molecule has 0 aromatic rings. The Bertz CT molecular complexity index is 440. The molecule has 1 saturated heterocycles. The van der Waals surface area contributed by atoms with Crippen molar-refractivity contribution in [1.82, 2.24) is 4.90 Å². The lowest BCUT2D eigenvalue weighted by Gasteiger charge is -2.31. The van der Waals surface area contributed by atoms with Gasteiger partial charge in [0.1, 0.15) is 11.9 Å². The minimum Gasteiger partial charge on any atom is -0.444 e. The standard InChI is InChI=1S/C19H33NO5/c1-19(2,3)25-18(22)20-10-15(12-23-4)9-16(20)13-24-17-7-5-14(11-21)6-8-17/h11,14-17H,5-10,12-13H2,1-4H3/t14?,15?,16-,17?/m0/s1. The summed E-state index contributed by atoms with van der Waals surface area (Å²) in [7, 11) is 1.69. The van der Waals surface area contributed by atoms with Gasteiger partial charge in [0.05, 0.1) is 25.4 Å². The summed E-state index contributed by atoms with van der Waals surface area (Å²) in [4.78, 5) is 25.2. The topological polar surface area (TPSA) is 65.1 Å². The molecular weight excluding hydrogens is 322 g/mol. The fourth-order valence-corrected chi connectivity index (χ4v) is 3.71. The lowest BCUT2D eigenvalue weighted by Crippen LogP contribution is -2.42. The van der Waals surface area contributed by atoms with E-state index in [1.807, 2.05) is 20.8 Å². The maximum Gasteiger partial charge on any atom is 0.410 e. The van der Waals surface area contributed by atoms with Gasteiger partial charge in [-0.25, -0.2) is 4.79 Å². The minimum absolute atomic E-state index is 0.0267. The van der Waals surface area contributed by atoms with Gasteiger partial charge in [0, 0.05) is 25.5 Å². The fraction of sp³-hybridized carbons (Fsp3) is 0.895. The quantitative estimate of drug-likeness (QED) is 0.685. The van der Waals surface area contributed by atoms with E-state index in [9.17, 15) is 9.59 Å². The van der Waals surface area contributed by atoms with Crippen LogP contribution in [0.25, 0.3) is 0 Å². The largest absolute Gasteiger partial charge is 0.444 e. The maximum absolute atomic E-state index is 12.5. The predicted octanol–water partition coefficient (Wildman–Crippen LogP) is 3.03. The number of rotatable bonds is 6. The Morgan fingerprint density at radius 2 is 1.84 bits per heavy atom. The third-order valence-electron chi connectivity index (χ3n) is 4.97. The molecule has 0 aromatic carbocycles. The van der Waals surface area contributed by atoms with Crippen molar-refractivity contribution in [3.63, 3.8) is 0 Å². The number of carbonyl (C=O) groups excluding carboxylic acids is 2. The highest BCUT2D eigenvalue weighted by Gasteiger charge is 2.38. The summed E-state index contributed by atoms with van der Waals surface area (Å²) in [6.07, 6.45) is 5.50. The highest BCUT2D eigenvalue weighted by Crippen LogP contribution is 2.29. The van der Waals surface area contributed by atoms with Gasteiger partial charge in [0.15, 0.2) is 0 Å². The monoisotopic (exact) mass is 355 g/mol. The van der Waals surface area contributed by atoms with Gasteiger partial charge in [-0.05, 0) is 52.9 Å².